The zero-order chi connectivity index (χ0) is 9.26. The van der Waals surface area contributed by atoms with Gasteiger partial charge in [-0.1, -0.05) is 19.4 Å². The Balaban J connectivity index is 2.36. The van der Waals surface area contributed by atoms with Gasteiger partial charge in [0.1, 0.15) is 0 Å². The second kappa shape index (κ2) is 3.21. The van der Waals surface area contributed by atoms with Crippen LogP contribution in [0.1, 0.15) is 41.7 Å². The summed E-state index contributed by atoms with van der Waals surface area (Å²) >= 11 is 0. The topological polar surface area (TPSA) is 29.1 Å². The highest BCUT2D eigenvalue weighted by atomic mass is 16.2. The van der Waals surface area contributed by atoms with Crippen molar-refractivity contribution in [2.75, 3.05) is 0 Å². The van der Waals surface area contributed by atoms with Crippen LogP contribution in [0, 0.1) is 6.07 Å². The molecule has 0 bridgehead atoms. The summed E-state index contributed by atoms with van der Waals surface area (Å²) < 4.78 is 0. The lowest BCUT2D eigenvalue weighted by atomic mass is 10.0. The van der Waals surface area contributed by atoms with Crippen molar-refractivity contribution in [2.24, 2.45) is 0 Å². The van der Waals surface area contributed by atoms with E-state index in [4.69, 9.17) is 0 Å². The first kappa shape index (κ1) is 8.30. The van der Waals surface area contributed by atoms with Gasteiger partial charge in [0.15, 0.2) is 0 Å². The Kier molecular flexibility index (Phi) is 2.05. The van der Waals surface area contributed by atoms with Crippen molar-refractivity contribution in [2.45, 2.75) is 25.8 Å². The van der Waals surface area contributed by atoms with Crippen molar-refractivity contribution in [3.05, 3.63) is 35.4 Å². The Hall–Kier alpha value is -1.31. The molecule has 1 unspecified atom stereocenters. The minimum atomic E-state index is 0.0578. The summed E-state index contributed by atoms with van der Waals surface area (Å²) in [5, 5.41) is 2.96. The first-order valence-electron chi connectivity index (χ1n) is 4.63. The molecule has 1 amide bonds. The van der Waals surface area contributed by atoms with E-state index in [9.17, 15) is 4.79 Å². The summed E-state index contributed by atoms with van der Waals surface area (Å²) in [6, 6.07) is 8.75. The third-order valence-corrected chi connectivity index (χ3v) is 2.40. The predicted octanol–water partition coefficient (Wildman–Crippen LogP) is 2.07. The molecule has 0 aromatic heterocycles. The molecule has 2 heteroatoms. The maximum Gasteiger partial charge on any atom is 0.252 e. The number of benzene rings is 1. The largest absolute Gasteiger partial charge is 0.345 e. The van der Waals surface area contributed by atoms with Crippen LogP contribution in [0.25, 0.3) is 0 Å². The van der Waals surface area contributed by atoms with Gasteiger partial charge in [0.05, 0.1) is 6.04 Å². The number of hydrogen-bond donors (Lipinski definition) is 1. The molecule has 2 rings (SSSR count). The van der Waals surface area contributed by atoms with Crippen LogP contribution < -0.4 is 5.32 Å². The van der Waals surface area contributed by atoms with E-state index in [2.05, 4.69) is 18.3 Å². The van der Waals surface area contributed by atoms with Crippen LogP contribution in [0.3, 0.4) is 0 Å². The van der Waals surface area contributed by atoms with Gasteiger partial charge >= 0.3 is 0 Å². The second-order valence-corrected chi connectivity index (χ2v) is 3.33. The second-order valence-electron chi connectivity index (χ2n) is 3.33. The van der Waals surface area contributed by atoms with E-state index in [0.717, 1.165) is 24.0 Å². The van der Waals surface area contributed by atoms with Gasteiger partial charge in [-0.25, -0.2) is 0 Å². The summed E-state index contributed by atoms with van der Waals surface area (Å²) in [6.07, 6.45) is 2.09. The van der Waals surface area contributed by atoms with E-state index in [0.29, 0.717) is 0 Å². The Bertz CT molecular complexity index is 333. The molecule has 1 aromatic rings. The van der Waals surface area contributed by atoms with Crippen LogP contribution in [-0.4, -0.2) is 5.91 Å². The number of hydrogen-bond acceptors (Lipinski definition) is 1. The first-order chi connectivity index (χ1) is 6.33. The van der Waals surface area contributed by atoms with Gasteiger partial charge in [-0.3, -0.25) is 4.79 Å². The summed E-state index contributed by atoms with van der Waals surface area (Å²) in [4.78, 5) is 11.4. The molecule has 13 heavy (non-hydrogen) atoms. The molecule has 0 spiro atoms. The molecular weight excluding hydrogens is 162 g/mol. The van der Waals surface area contributed by atoms with Crippen molar-refractivity contribution in [1.29, 1.82) is 0 Å². The van der Waals surface area contributed by atoms with Gasteiger partial charge < -0.3 is 5.32 Å². The van der Waals surface area contributed by atoms with Crippen molar-refractivity contribution in [1.82, 2.24) is 5.32 Å². The van der Waals surface area contributed by atoms with E-state index in [-0.39, 0.29) is 11.9 Å². The van der Waals surface area contributed by atoms with Gasteiger partial charge in [-0.15, -0.1) is 0 Å². The van der Waals surface area contributed by atoms with Gasteiger partial charge in [-0.2, -0.15) is 0 Å². The molecule has 1 N–H and O–H groups in total. The highest BCUT2D eigenvalue weighted by molar-refractivity contribution is 5.99. The molecule has 0 fully saturated rings. The zero-order valence-corrected chi connectivity index (χ0v) is 7.63. The molecule has 1 aliphatic rings. The smallest absolute Gasteiger partial charge is 0.252 e. The van der Waals surface area contributed by atoms with Crippen LogP contribution in [0.4, 0.5) is 0 Å². The third kappa shape index (κ3) is 1.32. The molecular formula is C11H12NO. The van der Waals surface area contributed by atoms with Crippen LogP contribution in [0.5, 0.6) is 0 Å². The van der Waals surface area contributed by atoms with Gasteiger partial charge in [0.25, 0.3) is 5.91 Å². The van der Waals surface area contributed by atoms with Crippen LogP contribution in [-0.2, 0) is 0 Å². The average Bonchev–Trinajstić information content (AvgIpc) is 2.46. The standard InChI is InChI=1S/C11H12NO/c1-2-5-10-8-6-3-4-7-9(8)11(13)12-10/h4,6-7,10H,2,5H2,1H3,(H,12,13). The summed E-state index contributed by atoms with van der Waals surface area (Å²) in [5.41, 5.74) is 1.92. The van der Waals surface area contributed by atoms with E-state index >= 15 is 0 Å². The molecule has 0 saturated carbocycles. The number of carbonyl (C=O) groups is 1. The van der Waals surface area contributed by atoms with Crippen LogP contribution in [0.2, 0.25) is 0 Å². The summed E-state index contributed by atoms with van der Waals surface area (Å²) in [6.45, 7) is 2.12. The Labute approximate surface area is 78.0 Å². The predicted molar refractivity (Wildman–Crippen MR) is 50.4 cm³/mol. The Morgan fingerprint density at radius 1 is 1.62 bits per heavy atom. The van der Waals surface area contributed by atoms with E-state index in [1.54, 1.807) is 6.07 Å². The zero-order valence-electron chi connectivity index (χ0n) is 7.63. The fourth-order valence-electron chi connectivity index (χ4n) is 1.77. The Morgan fingerprint density at radius 3 is 3.23 bits per heavy atom. The monoisotopic (exact) mass is 174 g/mol. The first-order valence-corrected chi connectivity index (χ1v) is 4.63. The quantitative estimate of drug-likeness (QED) is 0.730. The fourth-order valence-corrected chi connectivity index (χ4v) is 1.77. The molecule has 0 saturated heterocycles. The van der Waals surface area contributed by atoms with E-state index in [1.807, 2.05) is 12.1 Å². The molecule has 1 atom stereocenters. The number of fused-ring (bicyclic) bond motifs is 1. The summed E-state index contributed by atoms with van der Waals surface area (Å²) in [7, 11) is 0. The number of amides is 1. The molecule has 2 nitrogen and oxygen atoms in total. The number of rotatable bonds is 2. The minimum Gasteiger partial charge on any atom is -0.345 e. The SMILES string of the molecule is CCCC1NC(=O)c2cc[c]cc21. The lowest BCUT2D eigenvalue weighted by Gasteiger charge is -2.08. The maximum atomic E-state index is 11.4. The minimum absolute atomic E-state index is 0.0578. The molecule has 1 radical (unpaired) electrons. The average molecular weight is 174 g/mol. The van der Waals surface area contributed by atoms with Gasteiger partial charge in [0.2, 0.25) is 0 Å². The van der Waals surface area contributed by atoms with Crippen LogP contribution >= 0.6 is 0 Å². The summed E-state index contributed by atoms with van der Waals surface area (Å²) in [5.74, 6) is 0.0578. The highest BCUT2D eigenvalue weighted by Crippen LogP contribution is 2.27. The Morgan fingerprint density at radius 2 is 2.46 bits per heavy atom. The third-order valence-electron chi connectivity index (χ3n) is 2.40. The highest BCUT2D eigenvalue weighted by Gasteiger charge is 2.26. The molecule has 67 valence electrons. The molecule has 1 aliphatic heterocycles. The van der Waals surface area contributed by atoms with Crippen LogP contribution in [0.15, 0.2) is 18.2 Å². The van der Waals surface area contributed by atoms with Gasteiger partial charge in [0, 0.05) is 5.56 Å². The number of nitrogens with one attached hydrogen (secondary N) is 1. The van der Waals surface area contributed by atoms with E-state index < -0.39 is 0 Å². The molecule has 0 aliphatic carbocycles. The molecule has 1 heterocycles. The van der Waals surface area contributed by atoms with Crippen molar-refractivity contribution in [3.8, 4) is 0 Å². The fraction of sp³-hybridized carbons (Fsp3) is 0.364. The maximum absolute atomic E-state index is 11.4. The van der Waals surface area contributed by atoms with Crippen molar-refractivity contribution >= 4 is 5.91 Å². The number of carbonyl (C=O) groups excluding carboxylic acids is 1. The van der Waals surface area contributed by atoms with Crippen molar-refractivity contribution < 1.29 is 4.79 Å². The molecule has 1 aromatic carbocycles. The van der Waals surface area contributed by atoms with Gasteiger partial charge in [-0.05, 0) is 30.2 Å². The lowest BCUT2D eigenvalue weighted by Crippen LogP contribution is -2.18. The lowest BCUT2D eigenvalue weighted by molar-refractivity contribution is 0.0955. The van der Waals surface area contributed by atoms with E-state index in [1.165, 1.54) is 0 Å². The van der Waals surface area contributed by atoms with Crippen molar-refractivity contribution in [3.63, 3.8) is 0 Å². The normalized spacial score (nSPS) is 19.8.